The number of aliphatic imine (C=N–C) groups is 1. The molecule has 0 radical (unpaired) electrons. The van der Waals surface area contributed by atoms with Crippen molar-refractivity contribution in [3.63, 3.8) is 0 Å². The summed E-state index contributed by atoms with van der Waals surface area (Å²) < 4.78 is 19.9. The standard InChI is InChI=1S/C21H36FN5O/c1-5-23-21(24-15-17(4)27-10-12-28-13-11-27)25-16-18-8-9-20(19(22)14-18)26(6-2)7-3/h8-9,14,17H,5-7,10-13,15-16H2,1-4H3,(H2,23,24,25). The van der Waals surface area contributed by atoms with Crippen LogP contribution in [0.2, 0.25) is 0 Å². The van der Waals surface area contributed by atoms with E-state index in [1.54, 1.807) is 6.07 Å². The van der Waals surface area contributed by atoms with Crippen LogP contribution in [0.1, 0.15) is 33.3 Å². The first-order valence-corrected chi connectivity index (χ1v) is 10.5. The average molecular weight is 394 g/mol. The van der Waals surface area contributed by atoms with E-state index in [1.807, 2.05) is 37.8 Å². The molecule has 1 heterocycles. The molecule has 0 spiro atoms. The monoisotopic (exact) mass is 393 g/mol. The predicted molar refractivity (Wildman–Crippen MR) is 115 cm³/mol. The van der Waals surface area contributed by atoms with Gasteiger partial charge in [0.2, 0.25) is 0 Å². The third kappa shape index (κ3) is 6.63. The van der Waals surface area contributed by atoms with Gasteiger partial charge in [-0.25, -0.2) is 9.38 Å². The molecular weight excluding hydrogens is 357 g/mol. The first-order chi connectivity index (χ1) is 13.6. The Morgan fingerprint density at radius 2 is 1.93 bits per heavy atom. The molecule has 1 unspecified atom stereocenters. The summed E-state index contributed by atoms with van der Waals surface area (Å²) in [6.07, 6.45) is 0. The molecule has 2 rings (SSSR count). The van der Waals surface area contributed by atoms with Gasteiger partial charge in [-0.3, -0.25) is 4.90 Å². The number of rotatable bonds is 9. The molecule has 0 bridgehead atoms. The molecule has 1 saturated heterocycles. The van der Waals surface area contributed by atoms with E-state index in [9.17, 15) is 4.39 Å². The molecule has 0 saturated carbocycles. The highest BCUT2D eigenvalue weighted by molar-refractivity contribution is 5.79. The van der Waals surface area contributed by atoms with Crippen LogP contribution >= 0.6 is 0 Å². The Kier molecular flexibility index (Phi) is 9.50. The quantitative estimate of drug-likeness (QED) is 0.499. The predicted octanol–water partition coefficient (Wildman–Crippen LogP) is 2.45. The Morgan fingerprint density at radius 3 is 2.54 bits per heavy atom. The van der Waals surface area contributed by atoms with E-state index in [0.29, 0.717) is 18.3 Å². The van der Waals surface area contributed by atoms with Gasteiger partial charge in [0, 0.05) is 45.3 Å². The molecule has 1 aromatic rings. The maximum atomic E-state index is 14.5. The number of ether oxygens (including phenoxy) is 1. The molecule has 1 fully saturated rings. The average Bonchev–Trinajstić information content (AvgIpc) is 2.72. The minimum absolute atomic E-state index is 0.185. The number of halogens is 1. The van der Waals surface area contributed by atoms with Crippen molar-refractivity contribution in [2.45, 2.75) is 40.3 Å². The zero-order valence-corrected chi connectivity index (χ0v) is 17.8. The van der Waals surface area contributed by atoms with Crippen molar-refractivity contribution in [1.29, 1.82) is 0 Å². The zero-order chi connectivity index (χ0) is 20.4. The molecule has 0 aliphatic carbocycles. The molecule has 2 N–H and O–H groups in total. The summed E-state index contributed by atoms with van der Waals surface area (Å²) in [7, 11) is 0. The lowest BCUT2D eigenvalue weighted by Gasteiger charge is -2.32. The fraction of sp³-hybridized carbons (Fsp3) is 0.667. The second-order valence-electron chi connectivity index (χ2n) is 7.03. The van der Waals surface area contributed by atoms with E-state index >= 15 is 0 Å². The number of hydrogen-bond acceptors (Lipinski definition) is 4. The maximum Gasteiger partial charge on any atom is 0.191 e. The van der Waals surface area contributed by atoms with Gasteiger partial charge in [-0.1, -0.05) is 6.07 Å². The van der Waals surface area contributed by atoms with Crippen molar-refractivity contribution in [3.8, 4) is 0 Å². The second-order valence-corrected chi connectivity index (χ2v) is 7.03. The van der Waals surface area contributed by atoms with Crippen molar-refractivity contribution < 1.29 is 9.13 Å². The summed E-state index contributed by atoms with van der Waals surface area (Å²) in [5.74, 6) is 0.575. The Bertz CT molecular complexity index is 615. The molecule has 0 aromatic heterocycles. The molecule has 6 nitrogen and oxygen atoms in total. The summed E-state index contributed by atoms with van der Waals surface area (Å²) in [6.45, 7) is 15.5. The summed E-state index contributed by atoms with van der Waals surface area (Å²) in [5, 5.41) is 6.67. The van der Waals surface area contributed by atoms with Crippen LogP contribution in [0, 0.1) is 5.82 Å². The number of anilines is 1. The Hall–Kier alpha value is -1.86. The molecule has 28 heavy (non-hydrogen) atoms. The molecule has 0 amide bonds. The summed E-state index contributed by atoms with van der Waals surface area (Å²) in [5.41, 5.74) is 1.52. The smallest absolute Gasteiger partial charge is 0.191 e. The van der Waals surface area contributed by atoms with Gasteiger partial charge in [0.05, 0.1) is 25.4 Å². The van der Waals surface area contributed by atoms with Crippen molar-refractivity contribution in [2.75, 3.05) is 57.4 Å². The molecule has 1 aliphatic heterocycles. The first-order valence-electron chi connectivity index (χ1n) is 10.5. The van der Waals surface area contributed by atoms with E-state index in [1.165, 1.54) is 0 Å². The highest BCUT2D eigenvalue weighted by atomic mass is 19.1. The number of nitrogens with one attached hydrogen (secondary N) is 2. The Balaban J connectivity index is 1.94. The lowest BCUT2D eigenvalue weighted by Crippen LogP contribution is -2.49. The highest BCUT2D eigenvalue weighted by Crippen LogP contribution is 2.20. The Labute approximate surface area is 169 Å². The molecule has 1 aliphatic rings. The van der Waals surface area contributed by atoms with Gasteiger partial charge < -0.3 is 20.3 Å². The molecule has 7 heteroatoms. The SMILES string of the molecule is CCNC(=NCc1ccc(N(CC)CC)c(F)c1)NCC(C)N1CCOCC1. The molecule has 1 atom stereocenters. The van der Waals surface area contributed by atoms with Crippen molar-refractivity contribution in [2.24, 2.45) is 4.99 Å². The third-order valence-corrected chi connectivity index (χ3v) is 5.11. The molecular formula is C21H36FN5O. The van der Waals surface area contributed by atoms with E-state index in [2.05, 4.69) is 27.4 Å². The van der Waals surface area contributed by atoms with Crippen molar-refractivity contribution in [1.82, 2.24) is 15.5 Å². The van der Waals surface area contributed by atoms with Gasteiger partial charge in [-0.05, 0) is 45.4 Å². The van der Waals surface area contributed by atoms with Crippen molar-refractivity contribution >= 4 is 11.6 Å². The van der Waals surface area contributed by atoms with Gasteiger partial charge >= 0.3 is 0 Å². The number of benzene rings is 1. The van der Waals surface area contributed by atoms with E-state index in [4.69, 9.17) is 4.74 Å². The minimum Gasteiger partial charge on any atom is -0.379 e. The summed E-state index contributed by atoms with van der Waals surface area (Å²) in [6, 6.07) is 5.81. The van der Waals surface area contributed by atoms with E-state index in [0.717, 1.165) is 64.0 Å². The highest BCUT2D eigenvalue weighted by Gasteiger charge is 2.17. The topological polar surface area (TPSA) is 52.1 Å². The van der Waals surface area contributed by atoms with Crippen LogP contribution in [0.3, 0.4) is 0 Å². The first kappa shape index (κ1) is 22.4. The number of hydrogen-bond donors (Lipinski definition) is 2. The van der Waals surface area contributed by atoms with Crippen LogP contribution in [0.4, 0.5) is 10.1 Å². The van der Waals surface area contributed by atoms with Crippen molar-refractivity contribution in [3.05, 3.63) is 29.6 Å². The summed E-state index contributed by atoms with van der Waals surface area (Å²) >= 11 is 0. The van der Waals surface area contributed by atoms with Crippen LogP contribution in [-0.2, 0) is 11.3 Å². The number of nitrogens with zero attached hydrogens (tertiary/aromatic N) is 3. The summed E-state index contributed by atoms with van der Waals surface area (Å²) in [4.78, 5) is 9.06. The van der Waals surface area contributed by atoms with Crippen LogP contribution < -0.4 is 15.5 Å². The fourth-order valence-corrected chi connectivity index (χ4v) is 3.37. The van der Waals surface area contributed by atoms with Gasteiger partial charge in [0.15, 0.2) is 5.96 Å². The lowest BCUT2D eigenvalue weighted by molar-refractivity contribution is 0.0211. The maximum absolute atomic E-state index is 14.5. The van der Waals surface area contributed by atoms with E-state index in [-0.39, 0.29) is 5.82 Å². The lowest BCUT2D eigenvalue weighted by atomic mass is 10.2. The minimum atomic E-state index is -0.185. The second kappa shape index (κ2) is 11.9. The van der Waals surface area contributed by atoms with Gasteiger partial charge in [-0.15, -0.1) is 0 Å². The zero-order valence-electron chi connectivity index (χ0n) is 17.8. The molecule has 1 aromatic carbocycles. The normalized spacial score (nSPS) is 16.7. The van der Waals surface area contributed by atoms with Gasteiger partial charge in [0.25, 0.3) is 0 Å². The van der Waals surface area contributed by atoms with Crippen LogP contribution in [0.25, 0.3) is 0 Å². The number of guanidine groups is 1. The van der Waals surface area contributed by atoms with Gasteiger partial charge in [-0.2, -0.15) is 0 Å². The van der Waals surface area contributed by atoms with Gasteiger partial charge in [0.1, 0.15) is 5.82 Å². The largest absolute Gasteiger partial charge is 0.379 e. The van der Waals surface area contributed by atoms with Crippen LogP contribution in [0.5, 0.6) is 0 Å². The Morgan fingerprint density at radius 1 is 1.21 bits per heavy atom. The van der Waals surface area contributed by atoms with Crippen LogP contribution in [-0.4, -0.2) is 69.4 Å². The fourth-order valence-electron chi connectivity index (χ4n) is 3.37. The van der Waals surface area contributed by atoms with Crippen LogP contribution in [0.15, 0.2) is 23.2 Å². The van der Waals surface area contributed by atoms with E-state index < -0.39 is 0 Å². The third-order valence-electron chi connectivity index (χ3n) is 5.11. The molecule has 158 valence electrons. The number of morpholine rings is 1.